The van der Waals surface area contributed by atoms with Gasteiger partial charge in [-0.1, -0.05) is 72.1 Å². The first-order chi connectivity index (χ1) is 18.9. The van der Waals surface area contributed by atoms with Crippen molar-refractivity contribution in [3.63, 3.8) is 0 Å². The average molecular weight is 680 g/mol. The van der Waals surface area contributed by atoms with E-state index in [0.29, 0.717) is 31.4 Å². The summed E-state index contributed by atoms with van der Waals surface area (Å²) in [6, 6.07) is 18.7. The maximum Gasteiger partial charge on any atom is 0.253 e. The lowest BCUT2D eigenvalue weighted by atomic mass is 9.88. The number of carbonyl (C=O) groups excluding carboxylic acids is 1. The second-order valence-corrected chi connectivity index (χ2v) is 11.4. The summed E-state index contributed by atoms with van der Waals surface area (Å²) in [5.41, 5.74) is 2.35. The number of rotatable bonds is 8. The molecular weight excluding hydrogens is 655 g/mol. The van der Waals surface area contributed by atoms with Gasteiger partial charge in [0.15, 0.2) is 5.82 Å². The number of aromatic nitrogens is 4. The largest absolute Gasteiger partial charge is 0.358 e. The molecule has 4 atom stereocenters. The van der Waals surface area contributed by atoms with E-state index in [4.69, 9.17) is 27.9 Å². The van der Waals surface area contributed by atoms with Crippen molar-refractivity contribution in [3.05, 3.63) is 109 Å². The molecule has 3 aromatic carbocycles. The van der Waals surface area contributed by atoms with Gasteiger partial charge in [-0.3, -0.25) is 4.79 Å². The third kappa shape index (κ3) is 6.11. The standard InChI is InChI=1S/C28H25Cl2FIN5O2/c1-2-3-23(27-33-35-36-34-27)37-25(17-5-9-19(29)10-6-17)26(18-7-11-20(30)12-8-18)39-24(28(37)38)15-16-4-13-22(32)21(31)14-16/h4-14,23-26H,2-3,15H2,1H3,(H,33,34,35,36)/t23-,24+,25-,26+/m1/s1. The van der Waals surface area contributed by atoms with Gasteiger partial charge < -0.3 is 9.64 Å². The van der Waals surface area contributed by atoms with Crippen LogP contribution in [0.1, 0.15) is 60.5 Å². The summed E-state index contributed by atoms with van der Waals surface area (Å²) in [6.07, 6.45) is 0.140. The van der Waals surface area contributed by atoms with Crippen LogP contribution in [0.15, 0.2) is 66.7 Å². The predicted molar refractivity (Wildman–Crippen MR) is 155 cm³/mol. The average Bonchev–Trinajstić information content (AvgIpc) is 3.46. The summed E-state index contributed by atoms with van der Waals surface area (Å²) in [5, 5.41) is 16.0. The van der Waals surface area contributed by atoms with Crippen molar-refractivity contribution in [1.29, 1.82) is 0 Å². The number of hydrogen-bond donors (Lipinski definition) is 1. The molecule has 2 heterocycles. The van der Waals surface area contributed by atoms with Crippen LogP contribution < -0.4 is 0 Å². The molecule has 1 aromatic heterocycles. The summed E-state index contributed by atoms with van der Waals surface area (Å²) >= 11 is 14.4. The number of amides is 1. The molecule has 0 spiro atoms. The number of ether oxygens (including phenoxy) is 1. The number of hydrogen-bond acceptors (Lipinski definition) is 5. The van der Waals surface area contributed by atoms with Crippen LogP contribution in [0.3, 0.4) is 0 Å². The second-order valence-electron chi connectivity index (χ2n) is 9.37. The van der Waals surface area contributed by atoms with Gasteiger partial charge >= 0.3 is 0 Å². The van der Waals surface area contributed by atoms with Gasteiger partial charge in [-0.2, -0.15) is 5.21 Å². The molecule has 0 unspecified atom stereocenters. The van der Waals surface area contributed by atoms with Crippen molar-refractivity contribution in [3.8, 4) is 0 Å². The zero-order valence-electron chi connectivity index (χ0n) is 20.9. The van der Waals surface area contributed by atoms with Crippen LogP contribution >= 0.6 is 45.8 Å². The Kier molecular flexibility index (Phi) is 8.80. The summed E-state index contributed by atoms with van der Waals surface area (Å²) in [4.78, 5) is 16.2. The van der Waals surface area contributed by atoms with Crippen molar-refractivity contribution < 1.29 is 13.9 Å². The van der Waals surface area contributed by atoms with Crippen LogP contribution in [-0.4, -0.2) is 37.5 Å². The zero-order chi connectivity index (χ0) is 27.5. The maximum absolute atomic E-state index is 14.4. The van der Waals surface area contributed by atoms with E-state index in [2.05, 4.69) is 20.6 Å². The molecule has 202 valence electrons. The number of aromatic amines is 1. The molecule has 0 radical (unpaired) electrons. The third-order valence-corrected chi connectivity index (χ3v) is 8.18. The van der Waals surface area contributed by atoms with Crippen molar-refractivity contribution >= 4 is 51.7 Å². The molecule has 1 saturated heterocycles. The quantitative estimate of drug-likeness (QED) is 0.202. The lowest BCUT2D eigenvalue weighted by molar-refractivity contribution is -0.180. The van der Waals surface area contributed by atoms with E-state index in [1.54, 1.807) is 30.3 Å². The van der Waals surface area contributed by atoms with Crippen LogP contribution in [0.25, 0.3) is 0 Å². The predicted octanol–water partition coefficient (Wildman–Crippen LogP) is 7.04. The highest BCUT2D eigenvalue weighted by Gasteiger charge is 2.47. The monoisotopic (exact) mass is 679 g/mol. The summed E-state index contributed by atoms with van der Waals surface area (Å²) < 4.78 is 21.5. The van der Waals surface area contributed by atoms with Crippen LogP contribution in [0, 0.1) is 9.39 Å². The summed E-state index contributed by atoms with van der Waals surface area (Å²) in [7, 11) is 0. The normalized spacial score (nSPS) is 20.3. The summed E-state index contributed by atoms with van der Waals surface area (Å²) in [6.45, 7) is 2.04. The molecule has 1 aliphatic rings. The van der Waals surface area contributed by atoms with E-state index >= 15 is 0 Å². The fourth-order valence-corrected chi connectivity index (χ4v) is 5.60. The lowest BCUT2D eigenvalue weighted by Gasteiger charge is -2.47. The highest BCUT2D eigenvalue weighted by atomic mass is 127. The highest BCUT2D eigenvalue weighted by Crippen LogP contribution is 2.47. The molecule has 5 rings (SSSR count). The molecular formula is C28H25Cl2FIN5O2. The Morgan fingerprint density at radius 2 is 1.72 bits per heavy atom. The number of halogens is 4. The number of nitrogens with one attached hydrogen (secondary N) is 1. The fraction of sp³-hybridized carbons (Fsp3) is 0.286. The van der Waals surface area contributed by atoms with Crippen LogP contribution in [0.2, 0.25) is 10.0 Å². The molecule has 1 amide bonds. The first-order valence-corrected chi connectivity index (χ1v) is 14.3. The molecule has 4 aromatic rings. The van der Waals surface area contributed by atoms with Crippen LogP contribution in [0.5, 0.6) is 0 Å². The van der Waals surface area contributed by atoms with Gasteiger partial charge in [0.2, 0.25) is 0 Å². The van der Waals surface area contributed by atoms with Crippen LogP contribution in [-0.2, 0) is 16.0 Å². The lowest BCUT2D eigenvalue weighted by Crippen LogP contribution is -2.53. The Hall–Kier alpha value is -2.60. The molecule has 1 fully saturated rings. The Morgan fingerprint density at radius 3 is 2.31 bits per heavy atom. The Labute approximate surface area is 249 Å². The van der Waals surface area contributed by atoms with Crippen molar-refractivity contribution in [2.24, 2.45) is 0 Å². The number of carbonyl (C=O) groups is 1. The van der Waals surface area contributed by atoms with Gasteiger partial charge in [0, 0.05) is 20.0 Å². The minimum Gasteiger partial charge on any atom is -0.358 e. The van der Waals surface area contributed by atoms with Gasteiger partial charge in [-0.15, -0.1) is 10.2 Å². The van der Waals surface area contributed by atoms with Crippen molar-refractivity contribution in [2.45, 2.75) is 50.5 Å². The molecule has 0 saturated carbocycles. The molecule has 1 N–H and O–H groups in total. The number of morpholine rings is 1. The molecule has 1 aliphatic heterocycles. The van der Waals surface area contributed by atoms with Crippen LogP contribution in [0.4, 0.5) is 4.39 Å². The minimum atomic E-state index is -0.875. The Morgan fingerprint density at radius 1 is 1.05 bits per heavy atom. The Bertz CT molecular complexity index is 1420. The number of benzene rings is 3. The zero-order valence-corrected chi connectivity index (χ0v) is 24.6. The van der Waals surface area contributed by atoms with E-state index < -0.39 is 24.3 Å². The van der Waals surface area contributed by atoms with Gasteiger partial charge in [0.1, 0.15) is 18.0 Å². The van der Waals surface area contributed by atoms with E-state index in [0.717, 1.165) is 17.5 Å². The maximum atomic E-state index is 14.4. The number of H-pyrrole nitrogens is 1. The van der Waals surface area contributed by atoms with E-state index in [1.807, 2.05) is 64.7 Å². The van der Waals surface area contributed by atoms with E-state index in [-0.39, 0.29) is 18.1 Å². The van der Waals surface area contributed by atoms with Crippen molar-refractivity contribution in [1.82, 2.24) is 25.5 Å². The minimum absolute atomic E-state index is 0.200. The van der Waals surface area contributed by atoms with Gasteiger partial charge in [0.25, 0.3) is 5.91 Å². The van der Waals surface area contributed by atoms with E-state index in [1.165, 1.54) is 6.07 Å². The Balaban J connectivity index is 1.65. The topological polar surface area (TPSA) is 84.0 Å². The third-order valence-electron chi connectivity index (χ3n) is 6.80. The summed E-state index contributed by atoms with van der Waals surface area (Å²) in [5.74, 6) is -0.153. The SMILES string of the molecule is CCC[C@H](c1nn[nH]n1)N1C(=O)[C@H](Cc2ccc(I)c(F)c2)O[C@@H](c2ccc(Cl)cc2)[C@H]1c1ccc(Cl)cc1. The molecule has 7 nitrogen and oxygen atoms in total. The molecule has 0 bridgehead atoms. The first-order valence-electron chi connectivity index (χ1n) is 12.5. The molecule has 11 heteroatoms. The highest BCUT2D eigenvalue weighted by molar-refractivity contribution is 14.1. The molecule has 0 aliphatic carbocycles. The fourth-order valence-electron chi connectivity index (χ4n) is 5.01. The second kappa shape index (κ2) is 12.3. The smallest absolute Gasteiger partial charge is 0.253 e. The first kappa shape index (κ1) is 27.9. The van der Waals surface area contributed by atoms with Gasteiger partial charge in [-0.25, -0.2) is 4.39 Å². The van der Waals surface area contributed by atoms with Gasteiger partial charge in [-0.05, 0) is 82.1 Å². The van der Waals surface area contributed by atoms with E-state index in [9.17, 15) is 9.18 Å². The van der Waals surface area contributed by atoms with Gasteiger partial charge in [0.05, 0.1) is 12.1 Å². The number of nitrogens with zero attached hydrogens (tertiary/aromatic N) is 4. The number of tetrazole rings is 1. The van der Waals surface area contributed by atoms with Crippen molar-refractivity contribution in [2.75, 3.05) is 0 Å². The molecule has 39 heavy (non-hydrogen) atoms.